The van der Waals surface area contributed by atoms with Crippen LogP contribution in [-0.2, 0) is 0 Å². The van der Waals surface area contributed by atoms with Gasteiger partial charge in [0.15, 0.2) is 0 Å². The second-order valence-corrected chi connectivity index (χ2v) is 13.6. The summed E-state index contributed by atoms with van der Waals surface area (Å²) in [4.78, 5) is 2.54. The summed E-state index contributed by atoms with van der Waals surface area (Å²) in [6.45, 7) is 4.68. The maximum atomic E-state index is 9.92. The van der Waals surface area contributed by atoms with Crippen LogP contribution in [-0.4, -0.2) is 10.1 Å². The number of rotatable bonds is 4. The van der Waals surface area contributed by atoms with E-state index in [9.17, 15) is 5.26 Å². The van der Waals surface area contributed by atoms with Crippen LogP contribution in [0.25, 0.3) is 44.2 Å². The Kier molecular flexibility index (Phi) is 6.42. The van der Waals surface area contributed by atoms with Gasteiger partial charge < -0.3 is 9.47 Å². The third-order valence-electron chi connectivity index (χ3n) is 10.5. The molecule has 230 valence electrons. The van der Waals surface area contributed by atoms with Gasteiger partial charge in [-0.25, -0.2) is 0 Å². The maximum absolute atomic E-state index is 9.92. The van der Waals surface area contributed by atoms with Gasteiger partial charge in [-0.05, 0) is 114 Å². The molecule has 9 rings (SSSR count). The summed E-state index contributed by atoms with van der Waals surface area (Å²) in [5, 5.41) is 12.4. The molecule has 3 nitrogen and oxygen atoms in total. The second kappa shape index (κ2) is 10.9. The van der Waals surface area contributed by atoms with Crippen LogP contribution in [0.5, 0.6) is 0 Å². The lowest BCUT2D eigenvalue weighted by molar-refractivity contribution is 0.586. The fourth-order valence-electron chi connectivity index (χ4n) is 8.26. The van der Waals surface area contributed by atoms with Crippen molar-refractivity contribution < 1.29 is 0 Å². The molecular formula is C45H35N3. The summed E-state index contributed by atoms with van der Waals surface area (Å²) >= 11 is 0. The summed E-state index contributed by atoms with van der Waals surface area (Å²) in [5.41, 5.74) is 13.9. The fourth-order valence-corrected chi connectivity index (χ4v) is 8.26. The number of hydrogen-bond acceptors (Lipinski definition) is 2. The zero-order valence-electron chi connectivity index (χ0n) is 27.2. The van der Waals surface area contributed by atoms with Crippen LogP contribution in [0, 0.1) is 17.2 Å². The van der Waals surface area contributed by atoms with Gasteiger partial charge >= 0.3 is 0 Å². The zero-order valence-corrected chi connectivity index (χ0v) is 27.2. The van der Waals surface area contributed by atoms with E-state index in [2.05, 4.69) is 169 Å². The second-order valence-electron chi connectivity index (χ2n) is 13.6. The van der Waals surface area contributed by atoms with Gasteiger partial charge in [-0.2, -0.15) is 5.26 Å². The SMILES string of the molecule is CC1C=C(N2c3ccc(C#N)cc3C3=CC(c4ccc5c(c4)c4ccccc4n5-c4ccccc4)=CCC32C)C=C(c2ccccc2)C1. The Balaban J connectivity index is 1.18. The minimum Gasteiger partial charge on any atom is -0.331 e. The van der Waals surface area contributed by atoms with Crippen LogP contribution >= 0.6 is 0 Å². The molecule has 6 aromatic rings. The Bertz CT molecular complexity index is 2430. The van der Waals surface area contributed by atoms with Crippen LogP contribution < -0.4 is 4.90 Å². The highest BCUT2D eigenvalue weighted by molar-refractivity contribution is 6.11. The number of para-hydroxylation sites is 2. The molecular weight excluding hydrogens is 583 g/mol. The lowest BCUT2D eigenvalue weighted by Gasteiger charge is -2.41. The predicted molar refractivity (Wildman–Crippen MR) is 200 cm³/mol. The minimum atomic E-state index is -0.283. The highest BCUT2D eigenvalue weighted by Crippen LogP contribution is 2.55. The molecule has 3 heteroatoms. The normalized spacial score (nSPS) is 20.0. The number of allylic oxidation sites excluding steroid dienone is 5. The molecule has 0 N–H and O–H groups in total. The first-order chi connectivity index (χ1) is 23.5. The monoisotopic (exact) mass is 617 g/mol. The number of aromatic nitrogens is 1. The molecule has 1 aromatic heterocycles. The molecule has 2 unspecified atom stereocenters. The minimum absolute atomic E-state index is 0.283. The molecule has 0 saturated heterocycles. The van der Waals surface area contributed by atoms with Crippen molar-refractivity contribution in [2.45, 2.75) is 32.2 Å². The standard InChI is InChI=1S/C45H35N3/c1-30-23-35(32-11-5-3-6-12-32)26-37(24-30)48-44-19-17-31(29-46)25-40(44)41-28-34(21-22-45(41,48)2)33-18-20-43-39(27-33)38-15-9-10-16-42(38)47(43)36-13-7-4-8-14-36/h3-21,24-28,30H,22-23H2,1-2H3. The summed E-state index contributed by atoms with van der Waals surface area (Å²) < 4.78 is 2.36. The number of nitrogens with zero attached hydrogens (tertiary/aromatic N) is 3. The van der Waals surface area contributed by atoms with Crippen LogP contribution in [0.2, 0.25) is 0 Å². The highest BCUT2D eigenvalue weighted by Gasteiger charge is 2.46. The van der Waals surface area contributed by atoms with E-state index in [1.165, 1.54) is 61.0 Å². The van der Waals surface area contributed by atoms with Gasteiger partial charge in [0.1, 0.15) is 0 Å². The molecule has 0 bridgehead atoms. The lowest BCUT2D eigenvalue weighted by atomic mass is 9.79. The lowest BCUT2D eigenvalue weighted by Crippen LogP contribution is -2.43. The van der Waals surface area contributed by atoms with Crippen molar-refractivity contribution in [3.8, 4) is 11.8 Å². The molecule has 2 atom stereocenters. The third kappa shape index (κ3) is 4.33. The summed E-state index contributed by atoms with van der Waals surface area (Å²) in [5.74, 6) is 0.415. The van der Waals surface area contributed by atoms with Crippen molar-refractivity contribution in [2.75, 3.05) is 4.90 Å². The largest absolute Gasteiger partial charge is 0.331 e. The number of anilines is 1. The topological polar surface area (TPSA) is 32.0 Å². The molecule has 1 aliphatic heterocycles. The molecule has 3 aliphatic rings. The molecule has 0 fully saturated rings. The molecule has 0 radical (unpaired) electrons. The van der Waals surface area contributed by atoms with Crippen molar-refractivity contribution in [3.05, 3.63) is 174 Å². The van der Waals surface area contributed by atoms with Crippen LogP contribution in [0.1, 0.15) is 48.9 Å². The average molecular weight is 618 g/mol. The summed E-state index contributed by atoms with van der Waals surface area (Å²) in [6.07, 6.45) is 11.5. The Morgan fingerprint density at radius 1 is 0.750 bits per heavy atom. The first kappa shape index (κ1) is 28.4. The molecule has 0 amide bonds. The van der Waals surface area contributed by atoms with Gasteiger partial charge in [-0.3, -0.25) is 0 Å². The van der Waals surface area contributed by atoms with E-state index in [-0.39, 0.29) is 5.54 Å². The quantitative estimate of drug-likeness (QED) is 0.197. The van der Waals surface area contributed by atoms with Crippen LogP contribution in [0.3, 0.4) is 0 Å². The first-order valence-electron chi connectivity index (χ1n) is 16.9. The number of benzene rings is 5. The molecule has 48 heavy (non-hydrogen) atoms. The van der Waals surface area contributed by atoms with Crippen LogP contribution in [0.4, 0.5) is 5.69 Å². The van der Waals surface area contributed by atoms with E-state index in [0.29, 0.717) is 11.5 Å². The molecule has 0 spiro atoms. The maximum Gasteiger partial charge on any atom is 0.0991 e. The fraction of sp³-hybridized carbons (Fsp3) is 0.133. The van der Waals surface area contributed by atoms with E-state index < -0.39 is 0 Å². The number of nitriles is 1. The number of fused-ring (bicyclic) bond motifs is 6. The number of hydrogen-bond donors (Lipinski definition) is 0. The van der Waals surface area contributed by atoms with Gasteiger partial charge in [0.05, 0.1) is 28.2 Å². The van der Waals surface area contributed by atoms with Gasteiger partial charge in [0.25, 0.3) is 0 Å². The van der Waals surface area contributed by atoms with Gasteiger partial charge in [-0.1, -0.05) is 91.9 Å². The Hall–Kier alpha value is -5.85. The van der Waals surface area contributed by atoms with E-state index in [0.717, 1.165) is 24.1 Å². The van der Waals surface area contributed by atoms with E-state index in [4.69, 9.17) is 0 Å². The van der Waals surface area contributed by atoms with E-state index >= 15 is 0 Å². The van der Waals surface area contributed by atoms with E-state index in [1.807, 2.05) is 6.07 Å². The predicted octanol–water partition coefficient (Wildman–Crippen LogP) is 11.1. The van der Waals surface area contributed by atoms with Gasteiger partial charge in [0, 0.05) is 33.4 Å². The molecule has 2 heterocycles. The van der Waals surface area contributed by atoms with Crippen molar-refractivity contribution in [1.82, 2.24) is 4.57 Å². The highest BCUT2D eigenvalue weighted by atomic mass is 15.2. The van der Waals surface area contributed by atoms with Crippen LogP contribution in [0.15, 0.2) is 151 Å². The van der Waals surface area contributed by atoms with Crippen molar-refractivity contribution in [3.63, 3.8) is 0 Å². The first-order valence-corrected chi connectivity index (χ1v) is 16.9. The molecule has 2 aliphatic carbocycles. The van der Waals surface area contributed by atoms with Gasteiger partial charge in [0.2, 0.25) is 0 Å². The van der Waals surface area contributed by atoms with E-state index in [1.54, 1.807) is 0 Å². The smallest absolute Gasteiger partial charge is 0.0991 e. The zero-order chi connectivity index (χ0) is 32.4. The summed E-state index contributed by atoms with van der Waals surface area (Å²) in [6, 6.07) is 45.6. The van der Waals surface area contributed by atoms with Crippen molar-refractivity contribution in [2.24, 2.45) is 5.92 Å². The Morgan fingerprint density at radius 2 is 1.50 bits per heavy atom. The Labute approximate surface area is 281 Å². The molecule has 5 aromatic carbocycles. The van der Waals surface area contributed by atoms with Crippen molar-refractivity contribution in [1.29, 1.82) is 5.26 Å². The average Bonchev–Trinajstić information content (AvgIpc) is 3.60. The van der Waals surface area contributed by atoms with Crippen molar-refractivity contribution >= 4 is 44.2 Å². The van der Waals surface area contributed by atoms with Gasteiger partial charge in [-0.15, -0.1) is 0 Å². The Morgan fingerprint density at radius 3 is 2.31 bits per heavy atom. The summed E-state index contributed by atoms with van der Waals surface area (Å²) in [7, 11) is 0. The third-order valence-corrected chi connectivity index (χ3v) is 10.5. The molecule has 0 saturated carbocycles.